The molecule has 1 aromatic rings. The molecule has 1 aliphatic carbocycles. The average Bonchev–Trinajstić information content (AvgIpc) is 2.28. The Morgan fingerprint density at radius 3 is 2.94 bits per heavy atom. The summed E-state index contributed by atoms with van der Waals surface area (Å²) in [5.41, 5.74) is 0.928. The van der Waals surface area contributed by atoms with Gasteiger partial charge in [-0.1, -0.05) is 13.3 Å². The predicted molar refractivity (Wildman–Crippen MR) is 68.0 cm³/mol. The minimum absolute atomic E-state index is 0.133. The van der Waals surface area contributed by atoms with Gasteiger partial charge in [-0.2, -0.15) is 0 Å². The van der Waals surface area contributed by atoms with Gasteiger partial charge in [0.05, 0.1) is 6.10 Å². The van der Waals surface area contributed by atoms with Gasteiger partial charge in [0.15, 0.2) is 0 Å². The molecule has 1 aromatic heterocycles. The molecule has 0 bridgehead atoms. The van der Waals surface area contributed by atoms with Gasteiger partial charge in [0, 0.05) is 18.0 Å². The SMILES string of the molecule is Cc1cc(OC2CCCC(C)C2)c(C(=O)O)cn1. The number of nitrogens with zero attached hydrogens (tertiary/aromatic N) is 1. The van der Waals surface area contributed by atoms with Crippen LogP contribution in [0.1, 0.15) is 48.7 Å². The van der Waals surface area contributed by atoms with E-state index in [4.69, 9.17) is 9.84 Å². The predicted octanol–water partition coefficient (Wildman–Crippen LogP) is 3.05. The fraction of sp³-hybridized carbons (Fsp3) is 0.571. The van der Waals surface area contributed by atoms with Crippen molar-refractivity contribution >= 4 is 5.97 Å². The molecule has 0 spiro atoms. The Morgan fingerprint density at radius 2 is 2.28 bits per heavy atom. The van der Waals surface area contributed by atoms with Crippen molar-refractivity contribution in [1.82, 2.24) is 4.98 Å². The maximum Gasteiger partial charge on any atom is 0.341 e. The summed E-state index contributed by atoms with van der Waals surface area (Å²) in [5.74, 6) is 0.121. The second-order valence-electron chi connectivity index (χ2n) is 5.14. The molecular weight excluding hydrogens is 230 g/mol. The van der Waals surface area contributed by atoms with Gasteiger partial charge in [-0.15, -0.1) is 0 Å². The molecule has 2 unspecified atom stereocenters. The topological polar surface area (TPSA) is 59.4 Å². The van der Waals surface area contributed by atoms with Crippen LogP contribution in [0.4, 0.5) is 0 Å². The van der Waals surface area contributed by atoms with E-state index in [0.29, 0.717) is 11.7 Å². The van der Waals surface area contributed by atoms with Crippen LogP contribution in [0.5, 0.6) is 5.75 Å². The molecule has 0 aromatic carbocycles. The molecule has 0 amide bonds. The maximum atomic E-state index is 11.1. The molecular formula is C14H19NO3. The van der Waals surface area contributed by atoms with Crippen molar-refractivity contribution in [3.63, 3.8) is 0 Å². The van der Waals surface area contributed by atoms with E-state index in [-0.39, 0.29) is 11.7 Å². The normalized spacial score (nSPS) is 23.7. The Balaban J connectivity index is 2.16. The monoisotopic (exact) mass is 249 g/mol. The number of carboxylic acid groups (broad SMARTS) is 1. The quantitative estimate of drug-likeness (QED) is 0.894. The number of aromatic carboxylic acids is 1. The van der Waals surface area contributed by atoms with Gasteiger partial charge in [-0.25, -0.2) is 4.79 Å². The van der Waals surface area contributed by atoms with E-state index in [1.807, 2.05) is 6.92 Å². The smallest absolute Gasteiger partial charge is 0.341 e. The number of hydrogen-bond acceptors (Lipinski definition) is 3. The number of hydrogen-bond donors (Lipinski definition) is 1. The summed E-state index contributed by atoms with van der Waals surface area (Å²) < 4.78 is 5.88. The van der Waals surface area contributed by atoms with Crippen molar-refractivity contribution in [2.75, 3.05) is 0 Å². The summed E-state index contributed by atoms with van der Waals surface area (Å²) in [6.45, 7) is 4.05. The van der Waals surface area contributed by atoms with Gasteiger partial charge in [0.2, 0.25) is 0 Å². The van der Waals surface area contributed by atoms with E-state index in [1.54, 1.807) is 6.07 Å². The number of carbonyl (C=O) groups is 1. The number of pyridine rings is 1. The minimum Gasteiger partial charge on any atom is -0.489 e. The highest BCUT2D eigenvalue weighted by molar-refractivity contribution is 5.90. The Bertz CT molecular complexity index is 445. The summed E-state index contributed by atoms with van der Waals surface area (Å²) in [4.78, 5) is 15.1. The minimum atomic E-state index is -0.985. The summed E-state index contributed by atoms with van der Waals surface area (Å²) >= 11 is 0. The van der Waals surface area contributed by atoms with Crippen LogP contribution in [0, 0.1) is 12.8 Å². The molecule has 0 aliphatic heterocycles. The van der Waals surface area contributed by atoms with Gasteiger partial charge < -0.3 is 9.84 Å². The highest BCUT2D eigenvalue weighted by Gasteiger charge is 2.22. The Kier molecular flexibility index (Phi) is 3.84. The zero-order chi connectivity index (χ0) is 13.1. The summed E-state index contributed by atoms with van der Waals surface area (Å²) in [6.07, 6.45) is 5.90. The first-order valence-corrected chi connectivity index (χ1v) is 6.43. The van der Waals surface area contributed by atoms with Crippen molar-refractivity contribution in [2.45, 2.75) is 45.6 Å². The number of ether oxygens (including phenoxy) is 1. The molecule has 18 heavy (non-hydrogen) atoms. The van der Waals surface area contributed by atoms with E-state index >= 15 is 0 Å². The van der Waals surface area contributed by atoms with E-state index in [1.165, 1.54) is 12.6 Å². The van der Waals surface area contributed by atoms with Crippen LogP contribution in [0.15, 0.2) is 12.3 Å². The van der Waals surface area contributed by atoms with E-state index in [2.05, 4.69) is 11.9 Å². The highest BCUT2D eigenvalue weighted by Crippen LogP contribution is 2.29. The zero-order valence-electron chi connectivity index (χ0n) is 10.8. The van der Waals surface area contributed by atoms with Crippen molar-refractivity contribution in [1.29, 1.82) is 0 Å². The second kappa shape index (κ2) is 5.38. The molecule has 0 radical (unpaired) electrons. The number of aromatic nitrogens is 1. The highest BCUT2D eigenvalue weighted by atomic mass is 16.5. The fourth-order valence-corrected chi connectivity index (χ4v) is 2.46. The van der Waals surface area contributed by atoms with Crippen molar-refractivity contribution in [2.24, 2.45) is 5.92 Å². The average molecular weight is 249 g/mol. The molecule has 1 heterocycles. The van der Waals surface area contributed by atoms with Gasteiger partial charge >= 0.3 is 5.97 Å². The van der Waals surface area contributed by atoms with Crippen LogP contribution in [0.2, 0.25) is 0 Å². The van der Waals surface area contributed by atoms with Crippen LogP contribution in [0.3, 0.4) is 0 Å². The van der Waals surface area contributed by atoms with Crippen molar-refractivity contribution < 1.29 is 14.6 Å². The van der Waals surface area contributed by atoms with Gasteiger partial charge in [-0.3, -0.25) is 4.98 Å². The third-order valence-electron chi connectivity index (χ3n) is 3.42. The molecule has 1 saturated carbocycles. The first-order valence-electron chi connectivity index (χ1n) is 6.43. The summed E-state index contributed by atoms with van der Waals surface area (Å²) in [7, 11) is 0. The van der Waals surface area contributed by atoms with Crippen LogP contribution in [-0.4, -0.2) is 22.2 Å². The summed E-state index contributed by atoms with van der Waals surface area (Å²) in [5, 5.41) is 9.12. The standard InChI is InChI=1S/C14H19NO3/c1-9-4-3-5-11(6-9)18-13-7-10(2)15-8-12(13)14(16)17/h7-9,11H,3-6H2,1-2H3,(H,16,17). The van der Waals surface area contributed by atoms with Crippen LogP contribution < -0.4 is 4.74 Å². The van der Waals surface area contributed by atoms with E-state index in [9.17, 15) is 4.79 Å². The summed E-state index contributed by atoms with van der Waals surface area (Å²) in [6, 6.07) is 1.71. The number of carboxylic acids is 1. The lowest BCUT2D eigenvalue weighted by molar-refractivity contribution is 0.0682. The number of aryl methyl sites for hydroxylation is 1. The number of rotatable bonds is 3. The Labute approximate surface area is 107 Å². The largest absolute Gasteiger partial charge is 0.489 e. The van der Waals surface area contributed by atoms with E-state index in [0.717, 1.165) is 25.0 Å². The van der Waals surface area contributed by atoms with Crippen molar-refractivity contribution in [3.8, 4) is 5.75 Å². The first-order chi connectivity index (χ1) is 8.56. The lowest BCUT2D eigenvalue weighted by Gasteiger charge is -2.27. The molecule has 1 fully saturated rings. The van der Waals surface area contributed by atoms with Crippen LogP contribution in [0.25, 0.3) is 0 Å². The van der Waals surface area contributed by atoms with Gasteiger partial charge in [0.1, 0.15) is 11.3 Å². The molecule has 0 saturated heterocycles. The van der Waals surface area contributed by atoms with Crippen LogP contribution in [-0.2, 0) is 0 Å². The lowest BCUT2D eigenvalue weighted by Crippen LogP contribution is -2.25. The zero-order valence-corrected chi connectivity index (χ0v) is 10.8. The van der Waals surface area contributed by atoms with Gasteiger partial charge in [0.25, 0.3) is 0 Å². The lowest BCUT2D eigenvalue weighted by atomic mass is 9.88. The van der Waals surface area contributed by atoms with Crippen LogP contribution >= 0.6 is 0 Å². The molecule has 2 atom stereocenters. The molecule has 4 heteroatoms. The van der Waals surface area contributed by atoms with E-state index < -0.39 is 5.97 Å². The first kappa shape index (κ1) is 12.9. The van der Waals surface area contributed by atoms with Gasteiger partial charge in [-0.05, 0) is 32.1 Å². The molecule has 98 valence electrons. The third-order valence-corrected chi connectivity index (χ3v) is 3.42. The Morgan fingerprint density at radius 1 is 1.50 bits per heavy atom. The molecule has 4 nitrogen and oxygen atoms in total. The molecule has 1 N–H and O–H groups in total. The maximum absolute atomic E-state index is 11.1. The molecule has 1 aliphatic rings. The molecule has 2 rings (SSSR count). The third kappa shape index (κ3) is 3.00. The van der Waals surface area contributed by atoms with Crippen molar-refractivity contribution in [3.05, 3.63) is 23.5 Å². The Hall–Kier alpha value is -1.58. The second-order valence-corrected chi connectivity index (χ2v) is 5.14. The fourth-order valence-electron chi connectivity index (χ4n) is 2.46.